The first kappa shape index (κ1) is 11.2. The van der Waals surface area contributed by atoms with E-state index in [1.165, 1.54) is 12.4 Å². The van der Waals surface area contributed by atoms with Crippen LogP contribution in [0.5, 0.6) is 0 Å². The van der Waals surface area contributed by atoms with Crippen LogP contribution in [0.1, 0.15) is 12.8 Å². The number of rotatable bonds is 1. The SMILES string of the molecule is C=CN1CCCC1=O.O=c1nccc[nH]1. The molecular weight excluding hydrogens is 194 g/mol. The van der Waals surface area contributed by atoms with Crippen LogP contribution >= 0.6 is 0 Å². The first-order valence-electron chi connectivity index (χ1n) is 4.66. The van der Waals surface area contributed by atoms with Crippen molar-refractivity contribution in [3.05, 3.63) is 41.7 Å². The Morgan fingerprint density at radius 1 is 1.53 bits per heavy atom. The van der Waals surface area contributed by atoms with Crippen LogP contribution < -0.4 is 5.69 Å². The molecule has 2 rings (SSSR count). The van der Waals surface area contributed by atoms with E-state index in [1.54, 1.807) is 17.2 Å². The van der Waals surface area contributed by atoms with Crippen LogP contribution in [-0.2, 0) is 4.79 Å². The van der Waals surface area contributed by atoms with Crippen LogP contribution in [0.15, 0.2) is 36.0 Å². The molecule has 1 fully saturated rings. The van der Waals surface area contributed by atoms with Crippen LogP contribution in [0, 0.1) is 0 Å². The van der Waals surface area contributed by atoms with Gasteiger partial charge < -0.3 is 9.88 Å². The predicted molar refractivity (Wildman–Crippen MR) is 56.0 cm³/mol. The topological polar surface area (TPSA) is 66.1 Å². The van der Waals surface area contributed by atoms with Crippen molar-refractivity contribution >= 4 is 5.91 Å². The molecule has 1 N–H and O–H groups in total. The molecule has 0 radical (unpaired) electrons. The van der Waals surface area contributed by atoms with E-state index >= 15 is 0 Å². The Kier molecular flexibility index (Phi) is 4.28. The fourth-order valence-corrected chi connectivity index (χ4v) is 1.17. The molecule has 0 bridgehead atoms. The summed E-state index contributed by atoms with van der Waals surface area (Å²) in [6.07, 6.45) is 6.26. The highest BCUT2D eigenvalue weighted by atomic mass is 16.2. The summed E-state index contributed by atoms with van der Waals surface area (Å²) < 4.78 is 0. The standard InChI is InChI=1S/C6H9NO.C4H4N2O/c1-2-7-5-3-4-6(7)8;7-4-5-2-1-3-6-4/h2H,1,3-5H2;1-3H,(H,5,6,7). The van der Waals surface area contributed by atoms with Gasteiger partial charge in [-0.15, -0.1) is 0 Å². The molecule has 1 saturated heterocycles. The summed E-state index contributed by atoms with van der Waals surface area (Å²) in [5.74, 6) is 0.208. The van der Waals surface area contributed by atoms with Gasteiger partial charge in [-0.1, -0.05) is 6.58 Å². The van der Waals surface area contributed by atoms with E-state index in [2.05, 4.69) is 16.5 Å². The lowest BCUT2D eigenvalue weighted by Crippen LogP contribution is -2.16. The van der Waals surface area contributed by atoms with Crippen molar-refractivity contribution in [2.75, 3.05) is 6.54 Å². The number of carbonyl (C=O) groups excluding carboxylic acids is 1. The van der Waals surface area contributed by atoms with E-state index in [0.717, 1.165) is 13.0 Å². The minimum absolute atomic E-state index is 0.208. The van der Waals surface area contributed by atoms with Crippen molar-refractivity contribution in [2.45, 2.75) is 12.8 Å². The van der Waals surface area contributed by atoms with Crippen molar-refractivity contribution in [1.29, 1.82) is 0 Å². The molecule has 15 heavy (non-hydrogen) atoms. The molecule has 5 nitrogen and oxygen atoms in total. The van der Waals surface area contributed by atoms with Gasteiger partial charge >= 0.3 is 5.69 Å². The number of amides is 1. The Morgan fingerprint density at radius 3 is 2.60 bits per heavy atom. The van der Waals surface area contributed by atoms with Crippen molar-refractivity contribution in [2.24, 2.45) is 0 Å². The maximum atomic E-state index is 10.7. The second-order valence-corrected chi connectivity index (χ2v) is 2.96. The summed E-state index contributed by atoms with van der Waals surface area (Å²) >= 11 is 0. The monoisotopic (exact) mass is 207 g/mol. The van der Waals surface area contributed by atoms with Gasteiger partial charge in [-0.05, 0) is 18.7 Å². The van der Waals surface area contributed by atoms with Crippen LogP contribution in [-0.4, -0.2) is 27.3 Å². The zero-order chi connectivity index (χ0) is 11.1. The first-order chi connectivity index (χ1) is 7.24. The normalized spacial score (nSPS) is 14.4. The van der Waals surface area contributed by atoms with Crippen molar-refractivity contribution in [1.82, 2.24) is 14.9 Å². The van der Waals surface area contributed by atoms with Gasteiger partial charge in [0.05, 0.1) is 0 Å². The van der Waals surface area contributed by atoms with Gasteiger partial charge in [0.1, 0.15) is 0 Å². The molecule has 1 aliphatic heterocycles. The highest BCUT2D eigenvalue weighted by molar-refractivity contribution is 5.78. The lowest BCUT2D eigenvalue weighted by Gasteiger charge is -2.05. The summed E-state index contributed by atoms with van der Waals surface area (Å²) in [6.45, 7) is 4.36. The van der Waals surface area contributed by atoms with Crippen molar-refractivity contribution < 1.29 is 4.79 Å². The summed E-state index contributed by atoms with van der Waals surface area (Å²) in [5, 5.41) is 0. The Balaban J connectivity index is 0.000000151. The number of likely N-dealkylation sites (tertiary alicyclic amines) is 1. The molecule has 0 unspecified atom stereocenters. The fourth-order valence-electron chi connectivity index (χ4n) is 1.17. The van der Waals surface area contributed by atoms with Crippen LogP contribution in [0.25, 0.3) is 0 Å². The molecule has 1 amide bonds. The maximum Gasteiger partial charge on any atom is 0.344 e. The van der Waals surface area contributed by atoms with Gasteiger partial charge in [-0.25, -0.2) is 9.78 Å². The second kappa shape index (κ2) is 5.74. The van der Waals surface area contributed by atoms with Gasteiger partial charge in [-0.2, -0.15) is 0 Å². The number of carbonyl (C=O) groups is 1. The number of aromatic amines is 1. The first-order valence-corrected chi connectivity index (χ1v) is 4.66. The molecule has 80 valence electrons. The highest BCUT2D eigenvalue weighted by Gasteiger charge is 2.15. The Hall–Kier alpha value is -1.91. The fraction of sp³-hybridized carbons (Fsp3) is 0.300. The minimum atomic E-state index is -0.303. The lowest BCUT2D eigenvalue weighted by atomic mass is 10.4. The van der Waals surface area contributed by atoms with E-state index in [4.69, 9.17) is 0 Å². The van der Waals surface area contributed by atoms with E-state index in [9.17, 15) is 9.59 Å². The minimum Gasteiger partial charge on any atom is -0.320 e. The number of nitrogens with zero attached hydrogens (tertiary/aromatic N) is 2. The molecule has 0 saturated carbocycles. The van der Waals surface area contributed by atoms with E-state index < -0.39 is 0 Å². The largest absolute Gasteiger partial charge is 0.344 e. The van der Waals surface area contributed by atoms with Gasteiger partial charge in [0.15, 0.2) is 0 Å². The number of aromatic nitrogens is 2. The number of hydrogen-bond acceptors (Lipinski definition) is 3. The Labute approximate surface area is 87.5 Å². The average Bonchev–Trinajstić information content (AvgIpc) is 2.66. The Morgan fingerprint density at radius 2 is 2.33 bits per heavy atom. The molecule has 1 aromatic heterocycles. The third-order valence-electron chi connectivity index (χ3n) is 1.91. The van der Waals surface area contributed by atoms with Gasteiger partial charge in [-0.3, -0.25) is 4.79 Å². The van der Waals surface area contributed by atoms with E-state index in [0.29, 0.717) is 6.42 Å². The molecule has 0 aliphatic carbocycles. The lowest BCUT2D eigenvalue weighted by molar-refractivity contribution is -0.125. The third-order valence-corrected chi connectivity index (χ3v) is 1.91. The summed E-state index contributed by atoms with van der Waals surface area (Å²) in [6, 6.07) is 1.65. The van der Waals surface area contributed by atoms with E-state index in [1.807, 2.05) is 0 Å². The smallest absolute Gasteiger partial charge is 0.320 e. The number of H-pyrrole nitrogens is 1. The molecule has 0 aromatic carbocycles. The molecule has 0 spiro atoms. The van der Waals surface area contributed by atoms with Crippen LogP contribution in [0.4, 0.5) is 0 Å². The molecule has 0 atom stereocenters. The van der Waals surface area contributed by atoms with E-state index in [-0.39, 0.29) is 11.6 Å². The number of nitrogens with one attached hydrogen (secondary N) is 1. The van der Waals surface area contributed by atoms with Crippen LogP contribution in [0.3, 0.4) is 0 Å². The summed E-state index contributed by atoms with van der Waals surface area (Å²) in [4.78, 5) is 28.1. The van der Waals surface area contributed by atoms with Gasteiger partial charge in [0.2, 0.25) is 5.91 Å². The molecule has 1 aromatic rings. The number of hydrogen-bond donors (Lipinski definition) is 1. The second-order valence-electron chi connectivity index (χ2n) is 2.96. The summed E-state index contributed by atoms with van der Waals surface area (Å²) in [5.41, 5.74) is -0.303. The molecule has 2 heterocycles. The molecule has 5 heteroatoms. The average molecular weight is 207 g/mol. The van der Waals surface area contributed by atoms with Gasteiger partial charge in [0, 0.05) is 25.4 Å². The zero-order valence-electron chi connectivity index (χ0n) is 8.35. The van der Waals surface area contributed by atoms with Crippen molar-refractivity contribution in [3.8, 4) is 0 Å². The summed E-state index contributed by atoms with van der Waals surface area (Å²) in [7, 11) is 0. The molecular formula is C10H13N3O2. The quantitative estimate of drug-likeness (QED) is 0.730. The highest BCUT2D eigenvalue weighted by Crippen LogP contribution is 2.08. The van der Waals surface area contributed by atoms with Crippen molar-refractivity contribution in [3.63, 3.8) is 0 Å². The van der Waals surface area contributed by atoms with Gasteiger partial charge in [0.25, 0.3) is 0 Å². The van der Waals surface area contributed by atoms with Crippen LogP contribution in [0.2, 0.25) is 0 Å². The third kappa shape index (κ3) is 3.76. The maximum absolute atomic E-state index is 10.7. The zero-order valence-corrected chi connectivity index (χ0v) is 8.35. The molecule has 1 aliphatic rings. The predicted octanol–water partition coefficient (Wildman–Crippen LogP) is 0.522. The Bertz CT molecular complexity index is 369.